The molecule has 0 amide bonds. The van der Waals surface area contributed by atoms with Crippen LogP contribution >= 0.6 is 0 Å². The Balaban J connectivity index is 1.67. The number of nitrogens with zero attached hydrogens (tertiary/aromatic N) is 1. The summed E-state index contributed by atoms with van der Waals surface area (Å²) in [7, 11) is 0. The van der Waals surface area contributed by atoms with Crippen molar-refractivity contribution in [2.75, 3.05) is 19.6 Å². The second-order valence-electron chi connectivity index (χ2n) is 7.10. The summed E-state index contributed by atoms with van der Waals surface area (Å²) in [6, 6.07) is 10.8. The maximum atomic E-state index is 5.93. The van der Waals surface area contributed by atoms with Crippen LogP contribution in [0.5, 0.6) is 0 Å². The molecule has 1 aliphatic carbocycles. The predicted molar refractivity (Wildman–Crippen MR) is 93.4 cm³/mol. The monoisotopic (exact) mass is 296 g/mol. The Hall–Kier alpha value is -1.38. The van der Waals surface area contributed by atoms with Crippen molar-refractivity contribution in [3.05, 3.63) is 59.7 Å². The van der Waals surface area contributed by atoms with Crippen LogP contribution < -0.4 is 5.73 Å². The summed E-state index contributed by atoms with van der Waals surface area (Å²) >= 11 is 0. The topological polar surface area (TPSA) is 29.3 Å². The minimum atomic E-state index is 0.245. The number of benzene rings is 1. The molecule has 3 unspecified atom stereocenters. The quantitative estimate of drug-likeness (QED) is 0.919. The van der Waals surface area contributed by atoms with Gasteiger partial charge < -0.3 is 5.73 Å². The lowest BCUT2D eigenvalue weighted by molar-refractivity contribution is 0.180. The van der Waals surface area contributed by atoms with Crippen LogP contribution in [0.2, 0.25) is 0 Å². The fourth-order valence-electron chi connectivity index (χ4n) is 4.13. The predicted octanol–water partition coefficient (Wildman–Crippen LogP) is 3.61. The van der Waals surface area contributed by atoms with Crippen LogP contribution in [0.4, 0.5) is 0 Å². The van der Waals surface area contributed by atoms with E-state index in [1.807, 2.05) is 0 Å². The first-order valence-corrected chi connectivity index (χ1v) is 8.48. The van der Waals surface area contributed by atoms with Gasteiger partial charge >= 0.3 is 0 Å². The molecule has 2 heteroatoms. The summed E-state index contributed by atoms with van der Waals surface area (Å²) in [5, 5.41) is 0. The fourth-order valence-corrected chi connectivity index (χ4v) is 4.13. The van der Waals surface area contributed by atoms with Crippen LogP contribution in [0.25, 0.3) is 0 Å². The van der Waals surface area contributed by atoms with E-state index >= 15 is 0 Å². The Morgan fingerprint density at radius 1 is 1.27 bits per heavy atom. The van der Waals surface area contributed by atoms with Gasteiger partial charge in [-0.2, -0.15) is 0 Å². The molecule has 0 bridgehead atoms. The largest absolute Gasteiger partial charge is 0.327 e. The van der Waals surface area contributed by atoms with E-state index in [4.69, 9.17) is 5.73 Å². The molecule has 1 heterocycles. The van der Waals surface area contributed by atoms with Crippen molar-refractivity contribution in [1.82, 2.24) is 4.90 Å². The van der Waals surface area contributed by atoms with Gasteiger partial charge in [-0.05, 0) is 35.8 Å². The molecule has 1 aliphatic heterocycles. The summed E-state index contributed by atoms with van der Waals surface area (Å²) in [6.45, 7) is 8.93. The number of hydrogen-bond acceptors (Lipinski definition) is 2. The first-order valence-electron chi connectivity index (χ1n) is 8.48. The minimum Gasteiger partial charge on any atom is -0.327 e. The van der Waals surface area contributed by atoms with E-state index in [1.54, 1.807) is 0 Å². The maximum Gasteiger partial charge on any atom is 0.0233 e. The molecule has 3 atom stereocenters. The van der Waals surface area contributed by atoms with E-state index in [9.17, 15) is 0 Å². The first-order chi connectivity index (χ1) is 10.6. The summed E-state index contributed by atoms with van der Waals surface area (Å²) in [5.74, 6) is 1.27. The fraction of sp³-hybridized carbons (Fsp3) is 0.500. The molecule has 0 aromatic heterocycles. The average molecular weight is 296 g/mol. The van der Waals surface area contributed by atoms with Gasteiger partial charge in [0.05, 0.1) is 0 Å². The number of hydrogen-bond donors (Lipinski definition) is 1. The van der Waals surface area contributed by atoms with Gasteiger partial charge in [0, 0.05) is 19.6 Å². The van der Waals surface area contributed by atoms with Gasteiger partial charge in [-0.25, -0.2) is 0 Å². The van der Waals surface area contributed by atoms with Crippen molar-refractivity contribution in [3.8, 4) is 0 Å². The van der Waals surface area contributed by atoms with E-state index in [0.29, 0.717) is 12.5 Å². The van der Waals surface area contributed by atoms with Crippen LogP contribution in [0.3, 0.4) is 0 Å². The van der Waals surface area contributed by atoms with Crippen LogP contribution in [-0.4, -0.2) is 24.5 Å². The lowest BCUT2D eigenvalue weighted by atomic mass is 9.63. The van der Waals surface area contributed by atoms with Gasteiger partial charge in [0.25, 0.3) is 0 Å². The molecule has 1 saturated heterocycles. The third kappa shape index (κ3) is 2.90. The van der Waals surface area contributed by atoms with E-state index in [0.717, 1.165) is 12.5 Å². The molecule has 2 nitrogen and oxygen atoms in total. The molecule has 2 N–H and O–H groups in total. The number of nitrogens with two attached hydrogens (primary N) is 1. The summed E-state index contributed by atoms with van der Waals surface area (Å²) in [6.07, 6.45) is 8.15. The highest BCUT2D eigenvalue weighted by molar-refractivity contribution is 5.28. The molecule has 118 valence electrons. The maximum absolute atomic E-state index is 5.93. The highest BCUT2D eigenvalue weighted by atomic mass is 15.1. The van der Waals surface area contributed by atoms with Gasteiger partial charge in [0.1, 0.15) is 0 Å². The Bertz CT molecular complexity index is 560. The zero-order chi connectivity index (χ0) is 15.6. The zero-order valence-electron chi connectivity index (χ0n) is 13.8. The van der Waals surface area contributed by atoms with Gasteiger partial charge in [0.2, 0.25) is 0 Å². The van der Waals surface area contributed by atoms with Gasteiger partial charge in [-0.15, -0.1) is 0 Å². The Labute approximate surface area is 134 Å². The summed E-state index contributed by atoms with van der Waals surface area (Å²) in [5.41, 5.74) is 8.99. The standard InChI is InChI=1S/C20H28N2/c1-16-18(13-21)9-6-11-20(16,2)19-10-12-22(15-19)14-17-7-4-3-5-8-17/h3-9,11,16,19H,10,12-15,21H2,1-2H3. The molecule has 3 rings (SSSR count). The molecule has 1 fully saturated rings. The molecule has 22 heavy (non-hydrogen) atoms. The normalized spacial score (nSPS) is 32.2. The molecular formula is C20H28N2. The van der Waals surface area contributed by atoms with E-state index in [2.05, 4.69) is 67.3 Å². The lowest BCUT2D eigenvalue weighted by Gasteiger charge is -2.41. The Morgan fingerprint density at radius 2 is 2.05 bits per heavy atom. The van der Waals surface area contributed by atoms with Crippen LogP contribution in [0.15, 0.2) is 54.1 Å². The van der Waals surface area contributed by atoms with Crippen molar-refractivity contribution in [2.45, 2.75) is 26.8 Å². The van der Waals surface area contributed by atoms with Crippen molar-refractivity contribution >= 4 is 0 Å². The third-order valence-corrected chi connectivity index (χ3v) is 5.89. The van der Waals surface area contributed by atoms with Crippen molar-refractivity contribution in [3.63, 3.8) is 0 Å². The summed E-state index contributed by atoms with van der Waals surface area (Å²) in [4.78, 5) is 2.60. The summed E-state index contributed by atoms with van der Waals surface area (Å²) < 4.78 is 0. The number of likely N-dealkylation sites (tertiary alicyclic amines) is 1. The molecule has 2 aliphatic rings. The molecule has 0 spiro atoms. The van der Waals surface area contributed by atoms with Crippen LogP contribution in [-0.2, 0) is 6.54 Å². The van der Waals surface area contributed by atoms with Gasteiger partial charge in [0.15, 0.2) is 0 Å². The second-order valence-corrected chi connectivity index (χ2v) is 7.10. The van der Waals surface area contributed by atoms with Crippen LogP contribution in [0.1, 0.15) is 25.8 Å². The number of rotatable bonds is 4. The number of allylic oxidation sites excluding steroid dienone is 3. The Morgan fingerprint density at radius 3 is 2.77 bits per heavy atom. The van der Waals surface area contributed by atoms with Crippen LogP contribution in [0, 0.1) is 17.3 Å². The highest BCUT2D eigenvalue weighted by Gasteiger charge is 2.42. The Kier molecular flexibility index (Phi) is 4.51. The van der Waals surface area contributed by atoms with Crippen molar-refractivity contribution in [2.24, 2.45) is 23.0 Å². The minimum absolute atomic E-state index is 0.245. The van der Waals surface area contributed by atoms with Gasteiger partial charge in [-0.1, -0.05) is 68.0 Å². The van der Waals surface area contributed by atoms with E-state index in [1.165, 1.54) is 30.6 Å². The molecule has 0 saturated carbocycles. The zero-order valence-corrected chi connectivity index (χ0v) is 13.8. The smallest absolute Gasteiger partial charge is 0.0233 e. The lowest BCUT2D eigenvalue weighted by Crippen LogP contribution is -2.37. The van der Waals surface area contributed by atoms with Gasteiger partial charge in [-0.3, -0.25) is 4.90 Å². The third-order valence-electron chi connectivity index (χ3n) is 5.89. The van der Waals surface area contributed by atoms with Crippen molar-refractivity contribution in [1.29, 1.82) is 0 Å². The SMILES string of the molecule is CC1C(CN)=CC=CC1(C)C1CCN(Cc2ccccc2)C1. The second kappa shape index (κ2) is 6.39. The molecule has 1 aromatic carbocycles. The molecular weight excluding hydrogens is 268 g/mol. The molecule has 1 aromatic rings. The van der Waals surface area contributed by atoms with Crippen molar-refractivity contribution < 1.29 is 0 Å². The molecule has 0 radical (unpaired) electrons. The average Bonchev–Trinajstić information content (AvgIpc) is 3.00. The highest BCUT2D eigenvalue weighted by Crippen LogP contribution is 2.46. The van der Waals surface area contributed by atoms with E-state index in [-0.39, 0.29) is 5.41 Å². The first kappa shape index (κ1) is 15.5. The van der Waals surface area contributed by atoms with E-state index < -0.39 is 0 Å².